The smallest absolute Gasteiger partial charge is 0.305 e. The maximum atomic E-state index is 12.1. The Bertz CT molecular complexity index is 843. The van der Waals surface area contributed by atoms with Gasteiger partial charge in [-0.25, -0.2) is 0 Å². The first-order valence-corrected chi connectivity index (χ1v) is 14.6. The summed E-state index contributed by atoms with van der Waals surface area (Å²) in [6, 6.07) is 3.34. The van der Waals surface area contributed by atoms with Crippen molar-refractivity contribution in [2.45, 2.75) is 136 Å². The summed E-state index contributed by atoms with van der Waals surface area (Å²) in [6.07, 6.45) is 11.7. The molecule has 0 amide bonds. The van der Waals surface area contributed by atoms with Crippen molar-refractivity contribution in [3.63, 3.8) is 0 Å². The van der Waals surface area contributed by atoms with Crippen molar-refractivity contribution in [3.05, 3.63) is 35.6 Å². The van der Waals surface area contributed by atoms with Gasteiger partial charge in [-0.3, -0.25) is 4.79 Å². The number of carbonyl (C=O) groups is 1. The number of hydrogen-bond acceptors (Lipinski definition) is 6. The molecule has 0 fully saturated rings. The highest BCUT2D eigenvalue weighted by molar-refractivity contribution is 5.69. The van der Waals surface area contributed by atoms with Crippen LogP contribution in [0.2, 0.25) is 0 Å². The van der Waals surface area contributed by atoms with Gasteiger partial charge in [0.1, 0.15) is 17.3 Å². The number of phenolic OH excluding ortho intramolecular Hbond substituents is 2. The summed E-state index contributed by atoms with van der Waals surface area (Å²) in [5, 5.41) is 21.9. The molecule has 2 N–H and O–H groups in total. The molecule has 0 aliphatic rings. The Labute approximate surface area is 231 Å². The van der Waals surface area contributed by atoms with Gasteiger partial charge >= 0.3 is 5.97 Å². The first-order valence-electron chi connectivity index (χ1n) is 14.6. The predicted octanol–water partition coefficient (Wildman–Crippen LogP) is 8.77. The van der Waals surface area contributed by atoms with Crippen LogP contribution < -0.4 is 0 Å². The lowest BCUT2D eigenvalue weighted by Gasteiger charge is -2.30. The lowest BCUT2D eigenvalue weighted by atomic mass is 9.75. The van der Waals surface area contributed by atoms with E-state index >= 15 is 0 Å². The molecule has 0 aliphatic heterocycles. The predicted molar refractivity (Wildman–Crippen MR) is 154 cm³/mol. The lowest BCUT2D eigenvalue weighted by Crippen LogP contribution is -2.21. The Balaban J connectivity index is 2.63. The molecule has 0 aliphatic carbocycles. The molecule has 0 spiro atoms. The van der Waals surface area contributed by atoms with E-state index in [1.165, 1.54) is 12.8 Å². The second-order valence-electron chi connectivity index (χ2n) is 11.8. The van der Waals surface area contributed by atoms with E-state index in [9.17, 15) is 15.0 Å². The summed E-state index contributed by atoms with van der Waals surface area (Å²) in [5.41, 5.74) is 0.516. The molecule has 218 valence electrons. The molecule has 0 unspecified atom stereocenters. The molecule has 0 saturated heterocycles. The van der Waals surface area contributed by atoms with Gasteiger partial charge in [-0.05, 0) is 55.1 Å². The van der Waals surface area contributed by atoms with E-state index in [-0.39, 0.29) is 17.5 Å². The number of allylic oxidation sites excluding steroid dienone is 1. The maximum Gasteiger partial charge on any atom is 0.305 e. The van der Waals surface area contributed by atoms with Crippen molar-refractivity contribution >= 4 is 5.97 Å². The maximum absolute atomic E-state index is 12.1. The second-order valence-corrected chi connectivity index (χ2v) is 11.8. The van der Waals surface area contributed by atoms with Gasteiger partial charge in [0, 0.05) is 24.0 Å². The van der Waals surface area contributed by atoms with E-state index in [1.54, 1.807) is 12.1 Å². The molecule has 6 heteroatoms. The zero-order chi connectivity index (χ0) is 28.6. The van der Waals surface area contributed by atoms with Crippen LogP contribution in [0.1, 0.15) is 136 Å². The molecule has 1 aromatic rings. The van der Waals surface area contributed by atoms with Crippen LogP contribution in [0.15, 0.2) is 24.5 Å². The number of hydrogen-bond donors (Lipinski definition) is 2. The van der Waals surface area contributed by atoms with Crippen LogP contribution >= 0.6 is 0 Å². The van der Waals surface area contributed by atoms with Crippen LogP contribution in [0.4, 0.5) is 0 Å². The van der Waals surface area contributed by atoms with Gasteiger partial charge < -0.3 is 19.8 Å². The molecule has 0 heterocycles. The second kappa shape index (κ2) is 17.4. The van der Waals surface area contributed by atoms with Crippen molar-refractivity contribution in [3.8, 4) is 11.5 Å². The van der Waals surface area contributed by atoms with Gasteiger partial charge in [-0.1, -0.05) is 86.6 Å². The summed E-state index contributed by atoms with van der Waals surface area (Å²) in [7, 11) is 0. The normalized spacial score (nSPS) is 11.9. The third-order valence-corrected chi connectivity index (χ3v) is 7.30. The van der Waals surface area contributed by atoms with Crippen LogP contribution in [0, 0.1) is 0 Å². The molecular formula is C32H54O6. The highest BCUT2D eigenvalue weighted by Crippen LogP contribution is 2.43. The third-order valence-electron chi connectivity index (χ3n) is 7.30. The zero-order valence-electron chi connectivity index (χ0n) is 25.0. The Morgan fingerprint density at radius 3 is 1.84 bits per heavy atom. The van der Waals surface area contributed by atoms with Gasteiger partial charge in [0.25, 0.3) is 0 Å². The van der Waals surface area contributed by atoms with E-state index in [0.29, 0.717) is 62.2 Å². The zero-order valence-corrected chi connectivity index (χ0v) is 25.0. The summed E-state index contributed by atoms with van der Waals surface area (Å²) in [6.45, 7) is 17.4. The Kier molecular flexibility index (Phi) is 15.5. The minimum atomic E-state index is -0.418. The van der Waals surface area contributed by atoms with E-state index in [0.717, 1.165) is 38.5 Å². The number of rotatable bonds is 21. The molecule has 1 aromatic carbocycles. The number of esters is 1. The summed E-state index contributed by atoms with van der Waals surface area (Å²) in [5.74, 6) is 0.685. The number of phenols is 2. The Morgan fingerprint density at radius 1 is 0.763 bits per heavy atom. The van der Waals surface area contributed by atoms with Crippen LogP contribution in [0.5, 0.6) is 11.5 Å². The van der Waals surface area contributed by atoms with Gasteiger partial charge in [0.05, 0.1) is 13.2 Å². The highest BCUT2D eigenvalue weighted by Gasteiger charge is 2.30. The standard InChI is InChI=1S/C32H54O6/c1-8-10-12-14-21-36-30(35)17-16-19-31(4,5)26-23-29(34)27(24-28(26)33)32(6,7)20-18-25(3)38-37-22-15-13-11-9-2/h23-24,33-34H,3,8-22H2,1-2,4-7H3. The van der Waals surface area contributed by atoms with Crippen LogP contribution in [0.3, 0.4) is 0 Å². The third kappa shape index (κ3) is 12.6. The van der Waals surface area contributed by atoms with Gasteiger partial charge in [0.15, 0.2) is 0 Å². The van der Waals surface area contributed by atoms with E-state index < -0.39 is 10.8 Å². The quantitative estimate of drug-likeness (QED) is 0.0409. The SMILES string of the molecule is C=C(CCC(C)(C)c1cc(O)c(C(C)(C)CCCC(=O)OCCCCCC)cc1O)OOCCCCCC. The van der Waals surface area contributed by atoms with Crippen molar-refractivity contribution in [2.24, 2.45) is 0 Å². The fourth-order valence-corrected chi connectivity index (χ4v) is 4.60. The summed E-state index contributed by atoms with van der Waals surface area (Å²) >= 11 is 0. The van der Waals surface area contributed by atoms with Crippen molar-refractivity contribution in [1.82, 2.24) is 0 Å². The molecule has 0 bridgehead atoms. The molecule has 38 heavy (non-hydrogen) atoms. The summed E-state index contributed by atoms with van der Waals surface area (Å²) < 4.78 is 5.33. The largest absolute Gasteiger partial charge is 0.508 e. The first kappa shape index (κ1) is 33.8. The number of ether oxygens (including phenoxy) is 1. The minimum Gasteiger partial charge on any atom is -0.508 e. The van der Waals surface area contributed by atoms with Crippen molar-refractivity contribution < 1.29 is 29.5 Å². The highest BCUT2D eigenvalue weighted by atomic mass is 17.2. The van der Waals surface area contributed by atoms with Crippen LogP contribution in [-0.2, 0) is 30.1 Å². The van der Waals surface area contributed by atoms with Gasteiger partial charge in [-0.15, -0.1) is 0 Å². The van der Waals surface area contributed by atoms with E-state index in [2.05, 4.69) is 20.4 Å². The minimum absolute atomic E-state index is 0.153. The molecular weight excluding hydrogens is 480 g/mol. The molecule has 0 aromatic heterocycles. The van der Waals surface area contributed by atoms with E-state index in [4.69, 9.17) is 14.5 Å². The van der Waals surface area contributed by atoms with E-state index in [1.807, 2.05) is 27.7 Å². The molecule has 0 saturated carbocycles. The molecule has 6 nitrogen and oxygen atoms in total. The van der Waals surface area contributed by atoms with Gasteiger partial charge in [-0.2, -0.15) is 4.89 Å². The molecule has 0 radical (unpaired) electrons. The monoisotopic (exact) mass is 534 g/mol. The molecule has 1 rings (SSSR count). The van der Waals surface area contributed by atoms with Crippen LogP contribution in [-0.4, -0.2) is 29.4 Å². The Morgan fingerprint density at radius 2 is 1.29 bits per heavy atom. The Hall–Kier alpha value is -2.21. The first-order chi connectivity index (χ1) is 17.9. The molecule has 0 atom stereocenters. The van der Waals surface area contributed by atoms with Crippen LogP contribution in [0.25, 0.3) is 0 Å². The lowest BCUT2D eigenvalue weighted by molar-refractivity contribution is -0.264. The van der Waals surface area contributed by atoms with Crippen molar-refractivity contribution in [1.29, 1.82) is 0 Å². The van der Waals surface area contributed by atoms with Crippen molar-refractivity contribution in [2.75, 3.05) is 13.2 Å². The average Bonchev–Trinajstić information content (AvgIpc) is 2.85. The summed E-state index contributed by atoms with van der Waals surface area (Å²) in [4.78, 5) is 22.7. The number of benzene rings is 1. The number of aromatic hydroxyl groups is 2. The number of carbonyl (C=O) groups excluding carboxylic acids is 1. The fraction of sp³-hybridized carbons (Fsp3) is 0.719. The van der Waals surface area contributed by atoms with Gasteiger partial charge in [0.2, 0.25) is 0 Å². The number of unbranched alkanes of at least 4 members (excludes halogenated alkanes) is 6. The topological polar surface area (TPSA) is 85.2 Å². The average molecular weight is 535 g/mol. The fourth-order valence-electron chi connectivity index (χ4n) is 4.60.